The zero-order valence-corrected chi connectivity index (χ0v) is 19.1. The molecule has 0 unspecified atom stereocenters. The molecule has 0 bridgehead atoms. The first kappa shape index (κ1) is 23.0. The van der Waals surface area contributed by atoms with Crippen LogP contribution in [0.5, 0.6) is 0 Å². The van der Waals surface area contributed by atoms with Crippen LogP contribution < -0.4 is 10.2 Å². The number of para-hydroxylation sites is 1. The van der Waals surface area contributed by atoms with Crippen LogP contribution in [0.2, 0.25) is 0 Å². The number of hydrogen-bond acceptors (Lipinski definition) is 6. The fraction of sp³-hybridized carbons (Fsp3) is 0.480. The van der Waals surface area contributed by atoms with Crippen molar-refractivity contribution >= 4 is 23.0 Å². The molecule has 0 radical (unpaired) electrons. The molecule has 176 valence electrons. The number of nitrogens with zero attached hydrogens (tertiary/aromatic N) is 3. The predicted octanol–water partition coefficient (Wildman–Crippen LogP) is 3.99. The minimum absolute atomic E-state index is 0.0736. The molecule has 8 heteroatoms. The molecule has 2 fully saturated rings. The van der Waals surface area contributed by atoms with E-state index in [1.807, 2.05) is 30.0 Å². The minimum Gasteiger partial charge on any atom is -0.382 e. The summed E-state index contributed by atoms with van der Waals surface area (Å²) in [4.78, 5) is 27.4. The van der Waals surface area contributed by atoms with E-state index in [2.05, 4.69) is 22.3 Å². The van der Waals surface area contributed by atoms with Gasteiger partial charge in [-0.15, -0.1) is 0 Å². The normalized spacial score (nSPS) is 21.0. The number of aryl methyl sites for hydroxylation is 1. The molecular weight excluding hydrogens is 420 g/mol. The minimum atomic E-state index is -0.371. The van der Waals surface area contributed by atoms with E-state index < -0.39 is 0 Å². The largest absolute Gasteiger partial charge is 0.382 e. The Balaban J connectivity index is 1.16. The van der Waals surface area contributed by atoms with Gasteiger partial charge < -0.3 is 19.9 Å². The Morgan fingerprint density at radius 3 is 2.39 bits per heavy atom. The third-order valence-electron chi connectivity index (χ3n) is 6.65. The zero-order valence-electron chi connectivity index (χ0n) is 19.1. The van der Waals surface area contributed by atoms with E-state index in [-0.39, 0.29) is 29.2 Å². The molecule has 0 spiro atoms. The molecule has 8 nitrogen and oxygen atoms in total. The number of benzene rings is 2. The van der Waals surface area contributed by atoms with E-state index in [0.29, 0.717) is 6.04 Å². The van der Waals surface area contributed by atoms with Crippen molar-refractivity contribution in [2.75, 3.05) is 43.0 Å². The second kappa shape index (κ2) is 10.7. The van der Waals surface area contributed by atoms with Crippen molar-refractivity contribution < 1.29 is 14.5 Å². The Morgan fingerprint density at radius 2 is 1.76 bits per heavy atom. The average molecular weight is 453 g/mol. The van der Waals surface area contributed by atoms with Crippen LogP contribution in [0.4, 0.5) is 17.1 Å². The van der Waals surface area contributed by atoms with Crippen molar-refractivity contribution in [2.24, 2.45) is 0 Å². The van der Waals surface area contributed by atoms with Gasteiger partial charge in [0.1, 0.15) is 6.61 Å². The van der Waals surface area contributed by atoms with E-state index >= 15 is 0 Å². The number of nitro groups is 1. The summed E-state index contributed by atoms with van der Waals surface area (Å²) in [7, 11) is 0. The highest BCUT2D eigenvalue weighted by Gasteiger charge is 2.25. The van der Waals surface area contributed by atoms with Gasteiger partial charge in [-0.1, -0.05) is 18.2 Å². The van der Waals surface area contributed by atoms with Crippen molar-refractivity contribution in [2.45, 2.75) is 44.8 Å². The number of hydrogen-bond donors (Lipinski definition) is 1. The number of amides is 1. The van der Waals surface area contributed by atoms with Crippen molar-refractivity contribution in [1.29, 1.82) is 0 Å². The van der Waals surface area contributed by atoms with Crippen LogP contribution in [-0.2, 0) is 9.53 Å². The van der Waals surface area contributed by atoms with Gasteiger partial charge in [-0.3, -0.25) is 14.9 Å². The average Bonchev–Trinajstić information content (AvgIpc) is 2.85. The first-order chi connectivity index (χ1) is 16.0. The van der Waals surface area contributed by atoms with Crippen molar-refractivity contribution in [3.05, 3.63) is 64.2 Å². The topological polar surface area (TPSA) is 87.9 Å². The Bertz CT molecular complexity index is 952. The molecule has 1 aliphatic carbocycles. The standard InChI is InChI=1S/C25H32N4O4/c1-19-17-22(29(31)32)9-12-24(19)26-20-7-10-23(11-8-20)33-18-25(30)28-15-13-27(14-16-28)21-5-3-2-4-6-21/h2-6,9,12,17,20,23,26H,7-8,10-11,13-16,18H2,1H3/t20-,23-. The van der Waals surface area contributed by atoms with Crippen LogP contribution in [0.3, 0.4) is 0 Å². The number of carbonyl (C=O) groups excluding carboxylic acids is 1. The van der Waals surface area contributed by atoms with Gasteiger partial charge in [-0.2, -0.15) is 0 Å². The number of ether oxygens (including phenoxy) is 1. The van der Waals surface area contributed by atoms with E-state index in [4.69, 9.17) is 4.74 Å². The SMILES string of the molecule is Cc1cc([N+](=O)[O-])ccc1N[C@H]1CC[C@H](OCC(=O)N2CCN(c3ccccc3)CC2)CC1. The summed E-state index contributed by atoms with van der Waals surface area (Å²) in [6.45, 7) is 5.17. The number of rotatable bonds is 7. The van der Waals surface area contributed by atoms with Crippen molar-refractivity contribution in [1.82, 2.24) is 4.90 Å². The molecule has 2 aromatic rings. The summed E-state index contributed by atoms with van der Waals surface area (Å²) in [5, 5.41) is 14.4. The smallest absolute Gasteiger partial charge is 0.269 e. The van der Waals surface area contributed by atoms with Crippen LogP contribution in [-0.4, -0.2) is 60.7 Å². The van der Waals surface area contributed by atoms with Crippen LogP contribution in [0.15, 0.2) is 48.5 Å². The molecule has 1 N–H and O–H groups in total. The molecule has 1 aliphatic heterocycles. The summed E-state index contributed by atoms with van der Waals surface area (Å²) >= 11 is 0. The second-order valence-electron chi connectivity index (χ2n) is 8.89. The highest BCUT2D eigenvalue weighted by molar-refractivity contribution is 5.77. The molecule has 1 saturated heterocycles. The third-order valence-corrected chi connectivity index (χ3v) is 6.65. The molecule has 33 heavy (non-hydrogen) atoms. The number of piperazine rings is 1. The Hall–Kier alpha value is -3.13. The lowest BCUT2D eigenvalue weighted by molar-refractivity contribution is -0.384. The van der Waals surface area contributed by atoms with Gasteiger partial charge in [-0.25, -0.2) is 0 Å². The molecule has 2 aliphatic rings. The fourth-order valence-electron chi connectivity index (χ4n) is 4.65. The van der Waals surface area contributed by atoms with E-state index in [0.717, 1.165) is 63.1 Å². The summed E-state index contributed by atoms with van der Waals surface area (Å²) in [6.07, 6.45) is 3.81. The van der Waals surface area contributed by atoms with Crippen LogP contribution in [0.1, 0.15) is 31.2 Å². The first-order valence-electron chi connectivity index (χ1n) is 11.7. The van der Waals surface area contributed by atoms with Gasteiger partial charge in [0.2, 0.25) is 5.91 Å². The zero-order chi connectivity index (χ0) is 23.2. The van der Waals surface area contributed by atoms with E-state index in [1.165, 1.54) is 11.8 Å². The number of non-ortho nitro benzene ring substituents is 1. The monoisotopic (exact) mass is 452 g/mol. The number of carbonyl (C=O) groups is 1. The Morgan fingerprint density at radius 1 is 1.06 bits per heavy atom. The Labute approximate surface area is 194 Å². The van der Waals surface area contributed by atoms with Gasteiger partial charge in [0, 0.05) is 55.7 Å². The molecule has 2 aromatic carbocycles. The lowest BCUT2D eigenvalue weighted by Gasteiger charge is -2.36. The molecular formula is C25H32N4O4. The summed E-state index contributed by atoms with van der Waals surface area (Å²) in [5.74, 6) is 0.0736. The highest BCUT2D eigenvalue weighted by atomic mass is 16.6. The van der Waals surface area contributed by atoms with Crippen LogP contribution >= 0.6 is 0 Å². The van der Waals surface area contributed by atoms with Crippen molar-refractivity contribution in [3.8, 4) is 0 Å². The van der Waals surface area contributed by atoms with E-state index in [1.54, 1.807) is 12.1 Å². The maximum absolute atomic E-state index is 12.6. The number of anilines is 2. The predicted molar refractivity (Wildman–Crippen MR) is 129 cm³/mol. The van der Waals surface area contributed by atoms with E-state index in [9.17, 15) is 14.9 Å². The van der Waals surface area contributed by atoms with Gasteiger partial charge >= 0.3 is 0 Å². The number of nitrogens with one attached hydrogen (secondary N) is 1. The molecule has 0 atom stereocenters. The Kier molecular flexibility index (Phi) is 7.44. The lowest BCUT2D eigenvalue weighted by atomic mass is 9.92. The van der Waals surface area contributed by atoms with Gasteiger partial charge in [0.15, 0.2) is 0 Å². The summed E-state index contributed by atoms with van der Waals surface area (Å²) in [5.41, 5.74) is 3.13. The number of nitro benzene ring substituents is 1. The maximum Gasteiger partial charge on any atom is 0.269 e. The van der Waals surface area contributed by atoms with Crippen LogP contribution in [0, 0.1) is 17.0 Å². The van der Waals surface area contributed by atoms with Crippen molar-refractivity contribution in [3.63, 3.8) is 0 Å². The second-order valence-corrected chi connectivity index (χ2v) is 8.89. The van der Waals surface area contributed by atoms with Gasteiger partial charge in [-0.05, 0) is 56.4 Å². The van der Waals surface area contributed by atoms with Crippen LogP contribution in [0.25, 0.3) is 0 Å². The van der Waals surface area contributed by atoms with Gasteiger partial charge in [0.25, 0.3) is 5.69 Å². The van der Waals surface area contributed by atoms with Gasteiger partial charge in [0.05, 0.1) is 11.0 Å². The molecule has 0 aromatic heterocycles. The fourth-order valence-corrected chi connectivity index (χ4v) is 4.65. The quantitative estimate of drug-likeness (QED) is 0.505. The lowest BCUT2D eigenvalue weighted by Crippen LogP contribution is -2.50. The summed E-state index contributed by atoms with van der Waals surface area (Å²) in [6, 6.07) is 15.5. The molecule has 1 saturated carbocycles. The third kappa shape index (κ3) is 6.01. The highest BCUT2D eigenvalue weighted by Crippen LogP contribution is 2.27. The first-order valence-corrected chi connectivity index (χ1v) is 11.7. The molecule has 1 heterocycles. The molecule has 4 rings (SSSR count). The maximum atomic E-state index is 12.6. The summed E-state index contributed by atoms with van der Waals surface area (Å²) < 4.78 is 5.97. The molecule has 1 amide bonds.